The Balaban J connectivity index is 2.17. The van der Waals surface area contributed by atoms with Gasteiger partial charge < -0.3 is 10.7 Å². The van der Waals surface area contributed by atoms with Gasteiger partial charge in [0, 0.05) is 5.56 Å². The van der Waals surface area contributed by atoms with Crippen LogP contribution in [0.5, 0.6) is 0 Å². The molecule has 2 heterocycles. The topological polar surface area (TPSA) is 80.5 Å². The minimum absolute atomic E-state index is 0.115. The molecule has 3 N–H and O–H groups in total. The summed E-state index contributed by atoms with van der Waals surface area (Å²) in [5.74, 6) is 0.0773. The number of hydrogen-bond donors (Lipinski definition) is 2. The number of nitrogens with one attached hydrogen (secondary N) is 1. The van der Waals surface area contributed by atoms with Crippen molar-refractivity contribution in [2.24, 2.45) is 0 Å². The summed E-state index contributed by atoms with van der Waals surface area (Å²) in [6.07, 6.45) is 3.03. The lowest BCUT2D eigenvalue weighted by molar-refractivity contribution is 0.633. The normalized spacial score (nSPS) is 10.9. The molecule has 3 aromatic rings. The van der Waals surface area contributed by atoms with Gasteiger partial charge in [-0.1, -0.05) is 0 Å². The molecule has 2 aromatic heterocycles. The monoisotopic (exact) mass is 229 g/mol. The summed E-state index contributed by atoms with van der Waals surface area (Å²) in [6.45, 7) is 0. The van der Waals surface area contributed by atoms with E-state index in [-0.39, 0.29) is 5.69 Å². The van der Waals surface area contributed by atoms with Crippen LogP contribution in [0.3, 0.4) is 0 Å². The molecule has 1 aromatic carbocycles. The van der Waals surface area contributed by atoms with Gasteiger partial charge in [0.25, 0.3) is 0 Å². The molecule has 6 heteroatoms. The average molecular weight is 229 g/mol. The number of aromatic amines is 1. The minimum Gasteiger partial charge on any atom is -0.396 e. The molecule has 0 aliphatic rings. The molecule has 0 saturated heterocycles. The van der Waals surface area contributed by atoms with Crippen molar-refractivity contribution in [1.29, 1.82) is 0 Å². The Labute approximate surface area is 95.5 Å². The summed E-state index contributed by atoms with van der Waals surface area (Å²) in [4.78, 5) is 15.1. The molecule has 5 nitrogen and oxygen atoms in total. The molecule has 0 aliphatic heterocycles. The highest BCUT2D eigenvalue weighted by Crippen LogP contribution is 2.22. The van der Waals surface area contributed by atoms with Gasteiger partial charge in [0.15, 0.2) is 5.65 Å². The second kappa shape index (κ2) is 3.51. The number of anilines is 1. The molecule has 3 rings (SSSR count). The molecule has 0 amide bonds. The maximum absolute atomic E-state index is 13.3. The fraction of sp³-hybridized carbons (Fsp3) is 0. The number of hydrogen-bond acceptors (Lipinski definition) is 4. The highest BCUT2D eigenvalue weighted by atomic mass is 19.1. The van der Waals surface area contributed by atoms with Crippen molar-refractivity contribution in [2.45, 2.75) is 0 Å². The van der Waals surface area contributed by atoms with Crippen LogP contribution in [-0.2, 0) is 0 Å². The van der Waals surface area contributed by atoms with E-state index in [9.17, 15) is 4.39 Å². The molecular formula is C11H8FN5. The van der Waals surface area contributed by atoms with Crippen molar-refractivity contribution >= 4 is 16.9 Å². The Bertz CT molecular complexity index is 658. The van der Waals surface area contributed by atoms with Gasteiger partial charge in [-0.2, -0.15) is 0 Å². The number of rotatable bonds is 1. The van der Waals surface area contributed by atoms with Crippen molar-refractivity contribution in [3.8, 4) is 11.4 Å². The van der Waals surface area contributed by atoms with Crippen LogP contribution < -0.4 is 5.73 Å². The minimum atomic E-state index is -0.464. The van der Waals surface area contributed by atoms with Crippen LogP contribution in [0.15, 0.2) is 30.7 Å². The van der Waals surface area contributed by atoms with E-state index in [1.54, 1.807) is 12.3 Å². The number of H-pyrrole nitrogens is 1. The van der Waals surface area contributed by atoms with Gasteiger partial charge in [0.2, 0.25) is 0 Å². The smallest absolute Gasteiger partial charge is 0.181 e. The summed E-state index contributed by atoms with van der Waals surface area (Å²) in [7, 11) is 0. The van der Waals surface area contributed by atoms with E-state index in [1.165, 1.54) is 18.5 Å². The summed E-state index contributed by atoms with van der Waals surface area (Å²) >= 11 is 0. The first-order valence-corrected chi connectivity index (χ1v) is 4.95. The number of imidazole rings is 1. The molecule has 0 unspecified atom stereocenters. The third kappa shape index (κ3) is 1.59. The van der Waals surface area contributed by atoms with Crippen LogP contribution in [0.4, 0.5) is 10.1 Å². The zero-order chi connectivity index (χ0) is 11.8. The van der Waals surface area contributed by atoms with Gasteiger partial charge in [0.1, 0.15) is 23.5 Å². The largest absolute Gasteiger partial charge is 0.396 e. The third-order valence-electron chi connectivity index (χ3n) is 2.44. The molecule has 0 saturated carbocycles. The molecule has 17 heavy (non-hydrogen) atoms. The van der Waals surface area contributed by atoms with Gasteiger partial charge in [-0.3, -0.25) is 0 Å². The van der Waals surface area contributed by atoms with Gasteiger partial charge in [0.05, 0.1) is 11.9 Å². The zero-order valence-corrected chi connectivity index (χ0v) is 8.68. The maximum atomic E-state index is 13.3. The summed E-state index contributed by atoms with van der Waals surface area (Å²) in [6, 6.07) is 4.54. The number of fused-ring (bicyclic) bond motifs is 1. The lowest BCUT2D eigenvalue weighted by atomic mass is 10.2. The van der Waals surface area contributed by atoms with Crippen molar-refractivity contribution in [2.75, 3.05) is 5.73 Å². The summed E-state index contributed by atoms with van der Waals surface area (Å²) in [5, 5.41) is 0. The van der Waals surface area contributed by atoms with Crippen molar-refractivity contribution in [3.63, 3.8) is 0 Å². The number of aromatic nitrogens is 4. The fourth-order valence-corrected chi connectivity index (χ4v) is 1.57. The number of halogens is 1. The van der Waals surface area contributed by atoms with Crippen LogP contribution in [0.2, 0.25) is 0 Å². The van der Waals surface area contributed by atoms with E-state index in [1.807, 2.05) is 0 Å². The lowest BCUT2D eigenvalue weighted by Gasteiger charge is -1.99. The van der Waals surface area contributed by atoms with Gasteiger partial charge in [-0.15, -0.1) is 0 Å². The van der Waals surface area contributed by atoms with Crippen LogP contribution >= 0.6 is 0 Å². The molecule has 0 radical (unpaired) electrons. The van der Waals surface area contributed by atoms with E-state index in [0.29, 0.717) is 22.6 Å². The van der Waals surface area contributed by atoms with E-state index in [0.717, 1.165) is 0 Å². The molecule has 0 atom stereocenters. The first-order valence-electron chi connectivity index (χ1n) is 4.95. The Morgan fingerprint density at radius 1 is 1.29 bits per heavy atom. The van der Waals surface area contributed by atoms with E-state index >= 15 is 0 Å². The number of nitrogens with zero attached hydrogens (tertiary/aromatic N) is 3. The highest BCUT2D eigenvalue weighted by molar-refractivity contribution is 5.75. The summed E-state index contributed by atoms with van der Waals surface area (Å²) in [5.41, 5.74) is 7.41. The zero-order valence-electron chi connectivity index (χ0n) is 8.68. The van der Waals surface area contributed by atoms with Crippen LogP contribution in [0, 0.1) is 5.82 Å². The van der Waals surface area contributed by atoms with Crippen LogP contribution in [0.25, 0.3) is 22.6 Å². The first kappa shape index (κ1) is 9.71. The van der Waals surface area contributed by atoms with E-state index in [2.05, 4.69) is 19.9 Å². The first-order chi connectivity index (χ1) is 8.24. The van der Waals surface area contributed by atoms with Gasteiger partial charge in [-0.25, -0.2) is 19.3 Å². The molecule has 84 valence electrons. The predicted molar refractivity (Wildman–Crippen MR) is 61.5 cm³/mol. The highest BCUT2D eigenvalue weighted by Gasteiger charge is 2.08. The van der Waals surface area contributed by atoms with Crippen LogP contribution in [0.1, 0.15) is 0 Å². The average Bonchev–Trinajstić information content (AvgIpc) is 2.76. The van der Waals surface area contributed by atoms with Gasteiger partial charge in [-0.05, 0) is 18.2 Å². The second-order valence-corrected chi connectivity index (χ2v) is 3.58. The second-order valence-electron chi connectivity index (χ2n) is 3.58. The Morgan fingerprint density at radius 3 is 2.94 bits per heavy atom. The van der Waals surface area contributed by atoms with Crippen LogP contribution in [-0.4, -0.2) is 19.9 Å². The quantitative estimate of drug-likeness (QED) is 0.623. The fourth-order valence-electron chi connectivity index (χ4n) is 1.57. The molecule has 0 fully saturated rings. The number of nitrogen functional groups attached to an aromatic ring is 1. The van der Waals surface area contributed by atoms with Gasteiger partial charge >= 0.3 is 0 Å². The number of benzene rings is 1. The van der Waals surface area contributed by atoms with Crippen molar-refractivity contribution in [3.05, 3.63) is 36.5 Å². The molecular weight excluding hydrogens is 221 g/mol. The lowest BCUT2D eigenvalue weighted by Crippen LogP contribution is -1.91. The number of nitrogens with two attached hydrogens (primary N) is 1. The Morgan fingerprint density at radius 2 is 2.18 bits per heavy atom. The molecule has 0 aliphatic carbocycles. The maximum Gasteiger partial charge on any atom is 0.181 e. The van der Waals surface area contributed by atoms with E-state index in [4.69, 9.17) is 5.73 Å². The Hall–Kier alpha value is -2.50. The van der Waals surface area contributed by atoms with Crippen molar-refractivity contribution in [1.82, 2.24) is 19.9 Å². The molecule has 0 bridgehead atoms. The molecule has 0 spiro atoms. The van der Waals surface area contributed by atoms with Crippen molar-refractivity contribution < 1.29 is 4.39 Å². The summed E-state index contributed by atoms with van der Waals surface area (Å²) < 4.78 is 13.3. The third-order valence-corrected chi connectivity index (χ3v) is 2.44. The predicted octanol–water partition coefficient (Wildman–Crippen LogP) is 1.74. The Kier molecular flexibility index (Phi) is 2.01. The SMILES string of the molecule is Nc1ccc(-c2nc3ncncc3[nH]2)cc1F. The van der Waals surface area contributed by atoms with E-state index < -0.39 is 5.82 Å². The standard InChI is InChI=1S/C11H8FN5/c12-7-3-6(1-2-8(7)13)10-16-9-4-14-5-15-11(9)17-10/h1-5H,13H2,(H,14,15,16,17).